The van der Waals surface area contributed by atoms with Crippen LogP contribution >= 0.6 is 0 Å². The zero-order valence-corrected chi connectivity index (χ0v) is 9.03. The number of aromatic hydroxyl groups is 1. The van der Waals surface area contributed by atoms with Gasteiger partial charge in [0, 0.05) is 11.0 Å². The number of ether oxygens (including phenoxy) is 1. The molecule has 1 aliphatic carbocycles. The maximum absolute atomic E-state index is 9.79. The molecule has 1 unspecified atom stereocenters. The van der Waals surface area contributed by atoms with E-state index in [1.807, 2.05) is 6.07 Å². The van der Waals surface area contributed by atoms with Crippen molar-refractivity contribution in [1.82, 2.24) is 0 Å². The van der Waals surface area contributed by atoms with Crippen LogP contribution in [0.3, 0.4) is 0 Å². The second-order valence-electron chi connectivity index (χ2n) is 4.22. The molecular weight excluding hydrogens is 192 g/mol. The minimum Gasteiger partial charge on any atom is -0.508 e. The Labute approximate surface area is 89.3 Å². The van der Waals surface area contributed by atoms with Crippen molar-refractivity contribution in [1.29, 1.82) is 0 Å². The first-order chi connectivity index (χ1) is 7.10. The van der Waals surface area contributed by atoms with Gasteiger partial charge in [0.25, 0.3) is 0 Å². The monoisotopic (exact) mass is 208 g/mol. The Hall–Kier alpha value is -1.22. The zero-order valence-electron chi connectivity index (χ0n) is 9.03. The molecular formula is C12H16O3. The molecule has 0 amide bonds. The van der Waals surface area contributed by atoms with Crippen LogP contribution in [0, 0.1) is 0 Å². The molecule has 82 valence electrons. The number of aliphatic hydroxyl groups excluding tert-OH is 1. The highest BCUT2D eigenvalue weighted by Gasteiger charge is 2.50. The summed E-state index contributed by atoms with van der Waals surface area (Å²) in [4.78, 5) is 0. The molecule has 1 atom stereocenters. The SMILES string of the molecule is COc1ccc(O)c(C2(C(C)O)CC2)c1. The van der Waals surface area contributed by atoms with Crippen LogP contribution in [0.5, 0.6) is 11.5 Å². The van der Waals surface area contributed by atoms with Crippen LogP contribution in [0.15, 0.2) is 18.2 Å². The van der Waals surface area contributed by atoms with E-state index in [2.05, 4.69) is 0 Å². The van der Waals surface area contributed by atoms with E-state index in [0.717, 1.165) is 24.2 Å². The van der Waals surface area contributed by atoms with Gasteiger partial charge in [-0.1, -0.05) is 0 Å². The summed E-state index contributed by atoms with van der Waals surface area (Å²) in [5.74, 6) is 0.962. The molecule has 3 nitrogen and oxygen atoms in total. The van der Waals surface area contributed by atoms with Crippen LogP contribution in [0.25, 0.3) is 0 Å². The van der Waals surface area contributed by atoms with Crippen molar-refractivity contribution in [2.75, 3.05) is 7.11 Å². The van der Waals surface area contributed by atoms with Gasteiger partial charge < -0.3 is 14.9 Å². The standard InChI is InChI=1S/C12H16O3/c1-8(13)12(5-6-12)10-7-9(15-2)3-4-11(10)14/h3-4,7-8,13-14H,5-6H2,1-2H3. The summed E-state index contributed by atoms with van der Waals surface area (Å²) in [5.41, 5.74) is 0.551. The number of phenolic OH excluding ortho intramolecular Hbond substituents is 1. The summed E-state index contributed by atoms with van der Waals surface area (Å²) in [5, 5.41) is 19.5. The van der Waals surface area contributed by atoms with Gasteiger partial charge in [-0.15, -0.1) is 0 Å². The normalized spacial score (nSPS) is 19.7. The van der Waals surface area contributed by atoms with Gasteiger partial charge in [0.05, 0.1) is 13.2 Å². The fourth-order valence-corrected chi connectivity index (χ4v) is 2.09. The second-order valence-corrected chi connectivity index (χ2v) is 4.22. The molecule has 2 rings (SSSR count). The molecule has 1 aromatic rings. The molecule has 0 radical (unpaired) electrons. The fraction of sp³-hybridized carbons (Fsp3) is 0.500. The third-order valence-electron chi connectivity index (χ3n) is 3.33. The molecule has 0 aliphatic heterocycles. The molecule has 0 bridgehead atoms. The topological polar surface area (TPSA) is 49.7 Å². The van der Waals surface area contributed by atoms with Gasteiger partial charge in [-0.05, 0) is 38.0 Å². The quantitative estimate of drug-likeness (QED) is 0.796. The summed E-state index contributed by atoms with van der Waals surface area (Å²) in [6.45, 7) is 1.77. The number of benzene rings is 1. The maximum Gasteiger partial charge on any atom is 0.119 e. The average Bonchev–Trinajstić information content (AvgIpc) is 2.99. The first-order valence-corrected chi connectivity index (χ1v) is 5.16. The van der Waals surface area contributed by atoms with Crippen LogP contribution in [-0.4, -0.2) is 23.4 Å². The molecule has 3 heteroatoms. The lowest BCUT2D eigenvalue weighted by Crippen LogP contribution is -2.22. The van der Waals surface area contributed by atoms with E-state index in [9.17, 15) is 10.2 Å². The Balaban J connectivity index is 2.43. The molecule has 15 heavy (non-hydrogen) atoms. The van der Waals surface area contributed by atoms with E-state index >= 15 is 0 Å². The fourth-order valence-electron chi connectivity index (χ4n) is 2.09. The Morgan fingerprint density at radius 3 is 2.53 bits per heavy atom. The number of hydrogen-bond acceptors (Lipinski definition) is 3. The van der Waals surface area contributed by atoms with Crippen LogP contribution in [0.1, 0.15) is 25.3 Å². The summed E-state index contributed by atoms with van der Waals surface area (Å²) in [6.07, 6.45) is 1.41. The molecule has 0 heterocycles. The molecule has 2 N–H and O–H groups in total. The van der Waals surface area contributed by atoms with Crippen molar-refractivity contribution in [3.05, 3.63) is 23.8 Å². The van der Waals surface area contributed by atoms with E-state index in [0.29, 0.717) is 0 Å². The molecule has 1 saturated carbocycles. The van der Waals surface area contributed by atoms with Gasteiger partial charge in [0.1, 0.15) is 11.5 Å². The van der Waals surface area contributed by atoms with Gasteiger partial charge in [-0.2, -0.15) is 0 Å². The average molecular weight is 208 g/mol. The third-order valence-corrected chi connectivity index (χ3v) is 3.33. The number of methoxy groups -OCH3 is 1. The Morgan fingerprint density at radius 2 is 2.07 bits per heavy atom. The Morgan fingerprint density at radius 1 is 1.40 bits per heavy atom. The highest BCUT2D eigenvalue weighted by atomic mass is 16.5. The van der Waals surface area contributed by atoms with E-state index in [1.165, 1.54) is 0 Å². The Bertz CT molecular complexity index is 367. The summed E-state index contributed by atoms with van der Waals surface area (Å²) < 4.78 is 5.12. The number of aliphatic hydroxyl groups is 1. The molecule has 1 fully saturated rings. The van der Waals surface area contributed by atoms with Crippen molar-refractivity contribution in [3.63, 3.8) is 0 Å². The van der Waals surface area contributed by atoms with Gasteiger partial charge in [-0.25, -0.2) is 0 Å². The van der Waals surface area contributed by atoms with Crippen molar-refractivity contribution < 1.29 is 14.9 Å². The van der Waals surface area contributed by atoms with E-state index in [4.69, 9.17) is 4.74 Å². The van der Waals surface area contributed by atoms with Crippen molar-refractivity contribution in [2.45, 2.75) is 31.3 Å². The minimum absolute atomic E-state index is 0.245. The van der Waals surface area contributed by atoms with Gasteiger partial charge in [0.15, 0.2) is 0 Å². The molecule has 1 aromatic carbocycles. The van der Waals surface area contributed by atoms with Crippen LogP contribution in [-0.2, 0) is 5.41 Å². The first kappa shape index (κ1) is 10.3. The predicted molar refractivity (Wildman–Crippen MR) is 57.3 cm³/mol. The molecule has 0 aromatic heterocycles. The van der Waals surface area contributed by atoms with Crippen LogP contribution in [0.4, 0.5) is 0 Å². The summed E-state index contributed by atoms with van der Waals surface area (Å²) in [6, 6.07) is 5.16. The maximum atomic E-state index is 9.79. The predicted octanol–water partition coefficient (Wildman–Crippen LogP) is 1.81. The van der Waals surface area contributed by atoms with Crippen molar-refractivity contribution in [3.8, 4) is 11.5 Å². The highest BCUT2D eigenvalue weighted by molar-refractivity contribution is 5.47. The van der Waals surface area contributed by atoms with E-state index in [1.54, 1.807) is 26.2 Å². The molecule has 0 saturated heterocycles. The second kappa shape index (κ2) is 3.42. The van der Waals surface area contributed by atoms with Gasteiger partial charge in [-0.3, -0.25) is 0 Å². The van der Waals surface area contributed by atoms with Crippen molar-refractivity contribution >= 4 is 0 Å². The third kappa shape index (κ3) is 1.57. The summed E-state index contributed by atoms with van der Waals surface area (Å²) in [7, 11) is 1.60. The number of phenols is 1. The van der Waals surface area contributed by atoms with Gasteiger partial charge >= 0.3 is 0 Å². The smallest absolute Gasteiger partial charge is 0.119 e. The van der Waals surface area contributed by atoms with Crippen LogP contribution in [0.2, 0.25) is 0 Å². The lowest BCUT2D eigenvalue weighted by Gasteiger charge is -2.20. The van der Waals surface area contributed by atoms with Crippen molar-refractivity contribution in [2.24, 2.45) is 0 Å². The lowest BCUT2D eigenvalue weighted by atomic mass is 9.90. The number of hydrogen-bond donors (Lipinski definition) is 2. The Kier molecular flexibility index (Phi) is 2.35. The lowest BCUT2D eigenvalue weighted by molar-refractivity contribution is 0.149. The minimum atomic E-state index is -0.435. The summed E-state index contributed by atoms with van der Waals surface area (Å²) >= 11 is 0. The molecule has 0 spiro atoms. The van der Waals surface area contributed by atoms with Crippen LogP contribution < -0.4 is 4.74 Å². The number of rotatable bonds is 3. The molecule has 1 aliphatic rings. The zero-order chi connectivity index (χ0) is 11.1. The highest BCUT2D eigenvalue weighted by Crippen LogP contribution is 2.54. The van der Waals surface area contributed by atoms with Gasteiger partial charge in [0.2, 0.25) is 0 Å². The van der Waals surface area contributed by atoms with E-state index < -0.39 is 6.10 Å². The van der Waals surface area contributed by atoms with E-state index in [-0.39, 0.29) is 11.2 Å². The largest absolute Gasteiger partial charge is 0.508 e. The first-order valence-electron chi connectivity index (χ1n) is 5.16.